The number of anilines is 2. The SMILES string of the molecule is Nc1nc(N2CCc3[nH]c4ccc(Cl)cc4c3C2)c2[nH]cnc2n1. The molecule has 0 aliphatic carbocycles. The Labute approximate surface area is 141 Å². The maximum absolute atomic E-state index is 6.18. The maximum Gasteiger partial charge on any atom is 0.224 e. The van der Waals surface area contributed by atoms with Crippen LogP contribution in [0.15, 0.2) is 24.5 Å². The van der Waals surface area contributed by atoms with E-state index in [1.165, 1.54) is 11.3 Å². The highest BCUT2D eigenvalue weighted by Crippen LogP contribution is 2.32. The summed E-state index contributed by atoms with van der Waals surface area (Å²) in [5.41, 5.74) is 10.9. The van der Waals surface area contributed by atoms with Crippen molar-refractivity contribution in [2.24, 2.45) is 0 Å². The Hall–Kier alpha value is -2.80. The predicted octanol–water partition coefficient (Wildman–Crippen LogP) is 2.63. The van der Waals surface area contributed by atoms with Gasteiger partial charge in [-0.3, -0.25) is 0 Å². The van der Waals surface area contributed by atoms with E-state index in [-0.39, 0.29) is 5.95 Å². The lowest BCUT2D eigenvalue weighted by atomic mass is 10.0. The van der Waals surface area contributed by atoms with Gasteiger partial charge in [-0.25, -0.2) is 4.98 Å². The first-order chi connectivity index (χ1) is 11.7. The van der Waals surface area contributed by atoms with Crippen LogP contribution in [0.1, 0.15) is 11.3 Å². The molecule has 0 spiro atoms. The van der Waals surface area contributed by atoms with Crippen LogP contribution in [0.2, 0.25) is 5.02 Å². The summed E-state index contributed by atoms with van der Waals surface area (Å²) in [6, 6.07) is 5.94. The first-order valence-electron chi connectivity index (χ1n) is 7.69. The summed E-state index contributed by atoms with van der Waals surface area (Å²) < 4.78 is 0. The van der Waals surface area contributed by atoms with Gasteiger partial charge in [0.1, 0.15) is 5.52 Å². The van der Waals surface area contributed by atoms with Crippen molar-refractivity contribution >= 4 is 45.4 Å². The summed E-state index contributed by atoms with van der Waals surface area (Å²) >= 11 is 6.18. The van der Waals surface area contributed by atoms with Gasteiger partial charge in [0, 0.05) is 46.7 Å². The van der Waals surface area contributed by atoms with Crippen molar-refractivity contribution in [1.29, 1.82) is 0 Å². The number of aromatic amines is 2. The number of nitrogens with two attached hydrogens (primary N) is 1. The Morgan fingerprint density at radius 1 is 1.25 bits per heavy atom. The Morgan fingerprint density at radius 3 is 3.08 bits per heavy atom. The molecule has 0 radical (unpaired) electrons. The van der Waals surface area contributed by atoms with Gasteiger partial charge in [0.05, 0.1) is 6.33 Å². The van der Waals surface area contributed by atoms with Crippen LogP contribution in [-0.4, -0.2) is 31.5 Å². The van der Waals surface area contributed by atoms with E-state index in [4.69, 9.17) is 17.3 Å². The van der Waals surface area contributed by atoms with Crippen LogP contribution in [0.3, 0.4) is 0 Å². The van der Waals surface area contributed by atoms with Gasteiger partial charge in [-0.05, 0) is 18.2 Å². The molecule has 8 heteroatoms. The second kappa shape index (κ2) is 4.85. The quantitative estimate of drug-likeness (QED) is 0.495. The van der Waals surface area contributed by atoms with Gasteiger partial charge in [0.25, 0.3) is 0 Å². The highest BCUT2D eigenvalue weighted by molar-refractivity contribution is 6.31. The smallest absolute Gasteiger partial charge is 0.224 e. The van der Waals surface area contributed by atoms with Gasteiger partial charge in [-0.15, -0.1) is 0 Å². The van der Waals surface area contributed by atoms with E-state index >= 15 is 0 Å². The van der Waals surface area contributed by atoms with Crippen molar-refractivity contribution in [3.05, 3.63) is 40.8 Å². The second-order valence-electron chi connectivity index (χ2n) is 5.95. The van der Waals surface area contributed by atoms with Crippen LogP contribution in [0.5, 0.6) is 0 Å². The first-order valence-corrected chi connectivity index (χ1v) is 8.07. The van der Waals surface area contributed by atoms with Crippen molar-refractivity contribution in [2.75, 3.05) is 17.2 Å². The molecule has 4 heterocycles. The van der Waals surface area contributed by atoms with Gasteiger partial charge in [-0.1, -0.05) is 11.6 Å². The van der Waals surface area contributed by atoms with E-state index in [2.05, 4.69) is 29.8 Å². The lowest BCUT2D eigenvalue weighted by Crippen LogP contribution is -2.31. The molecule has 0 amide bonds. The van der Waals surface area contributed by atoms with Crippen molar-refractivity contribution in [3.8, 4) is 0 Å². The first kappa shape index (κ1) is 13.6. The fraction of sp³-hybridized carbons (Fsp3) is 0.188. The fourth-order valence-corrected chi connectivity index (χ4v) is 3.60. The second-order valence-corrected chi connectivity index (χ2v) is 6.39. The third-order valence-corrected chi connectivity index (χ3v) is 4.76. The number of benzene rings is 1. The average Bonchev–Trinajstić information content (AvgIpc) is 3.17. The lowest BCUT2D eigenvalue weighted by Gasteiger charge is -2.28. The summed E-state index contributed by atoms with van der Waals surface area (Å²) in [5.74, 6) is 1.02. The topological polar surface area (TPSA) is 99.5 Å². The summed E-state index contributed by atoms with van der Waals surface area (Å²) in [4.78, 5) is 21.6. The molecule has 0 saturated carbocycles. The molecule has 0 atom stereocenters. The molecule has 0 bridgehead atoms. The molecular weight excluding hydrogens is 326 g/mol. The standard InChI is InChI=1S/C16H14ClN7/c17-8-1-2-11-9(5-8)10-6-24(4-3-12(10)21-11)15-13-14(20-7-19-13)22-16(18)23-15/h1-2,5,7,21H,3-4,6H2,(H3,18,19,20,22,23). The van der Waals surface area contributed by atoms with Crippen LogP contribution in [-0.2, 0) is 13.0 Å². The number of imidazole rings is 1. The van der Waals surface area contributed by atoms with Crippen molar-refractivity contribution in [3.63, 3.8) is 0 Å². The van der Waals surface area contributed by atoms with Gasteiger partial charge < -0.3 is 20.6 Å². The van der Waals surface area contributed by atoms with Crippen LogP contribution in [0.4, 0.5) is 11.8 Å². The largest absolute Gasteiger partial charge is 0.368 e. The Morgan fingerprint density at radius 2 is 2.17 bits per heavy atom. The number of nitrogens with one attached hydrogen (secondary N) is 2. The summed E-state index contributed by atoms with van der Waals surface area (Å²) in [6.45, 7) is 1.58. The number of hydrogen-bond donors (Lipinski definition) is 3. The number of hydrogen-bond acceptors (Lipinski definition) is 5. The molecule has 7 nitrogen and oxygen atoms in total. The molecule has 0 fully saturated rings. The molecule has 0 saturated heterocycles. The minimum absolute atomic E-state index is 0.234. The highest BCUT2D eigenvalue weighted by Gasteiger charge is 2.24. The van der Waals surface area contributed by atoms with Crippen LogP contribution >= 0.6 is 11.6 Å². The third-order valence-electron chi connectivity index (χ3n) is 4.52. The van der Waals surface area contributed by atoms with E-state index < -0.39 is 0 Å². The monoisotopic (exact) mass is 339 g/mol. The number of H-pyrrole nitrogens is 2. The maximum atomic E-state index is 6.18. The van der Waals surface area contributed by atoms with Crippen molar-refractivity contribution in [1.82, 2.24) is 24.9 Å². The number of halogens is 1. The molecule has 120 valence electrons. The zero-order valence-corrected chi connectivity index (χ0v) is 13.4. The molecule has 3 aromatic heterocycles. The number of nitrogens with zero attached hydrogens (tertiary/aromatic N) is 4. The average molecular weight is 340 g/mol. The lowest BCUT2D eigenvalue weighted by molar-refractivity contribution is 0.718. The number of rotatable bonds is 1. The summed E-state index contributed by atoms with van der Waals surface area (Å²) in [5, 5.41) is 1.90. The zero-order chi connectivity index (χ0) is 16.3. The predicted molar refractivity (Wildman–Crippen MR) is 94.2 cm³/mol. The molecule has 4 N–H and O–H groups in total. The molecule has 1 aliphatic rings. The van der Waals surface area contributed by atoms with Crippen molar-refractivity contribution < 1.29 is 0 Å². The van der Waals surface area contributed by atoms with E-state index in [0.717, 1.165) is 46.8 Å². The van der Waals surface area contributed by atoms with E-state index in [1.807, 2.05) is 18.2 Å². The Bertz CT molecular complexity index is 1080. The zero-order valence-electron chi connectivity index (χ0n) is 12.7. The van der Waals surface area contributed by atoms with Crippen LogP contribution < -0.4 is 10.6 Å². The minimum Gasteiger partial charge on any atom is -0.368 e. The van der Waals surface area contributed by atoms with Gasteiger partial charge in [0.15, 0.2) is 11.5 Å². The molecule has 5 rings (SSSR count). The highest BCUT2D eigenvalue weighted by atomic mass is 35.5. The molecule has 0 unspecified atom stereocenters. The van der Waals surface area contributed by atoms with E-state index in [1.54, 1.807) is 6.33 Å². The number of fused-ring (bicyclic) bond motifs is 4. The molecule has 4 aromatic rings. The normalized spacial score (nSPS) is 14.5. The summed E-state index contributed by atoms with van der Waals surface area (Å²) in [6.07, 6.45) is 2.52. The third kappa shape index (κ3) is 1.94. The molecule has 1 aliphatic heterocycles. The van der Waals surface area contributed by atoms with Crippen LogP contribution in [0.25, 0.3) is 22.1 Å². The van der Waals surface area contributed by atoms with Gasteiger partial charge in [-0.2, -0.15) is 9.97 Å². The number of aromatic nitrogens is 5. The minimum atomic E-state index is 0.234. The van der Waals surface area contributed by atoms with E-state index in [9.17, 15) is 0 Å². The fourth-order valence-electron chi connectivity index (χ4n) is 3.43. The molecular formula is C16H14ClN7. The van der Waals surface area contributed by atoms with Gasteiger partial charge >= 0.3 is 0 Å². The van der Waals surface area contributed by atoms with E-state index in [0.29, 0.717) is 5.65 Å². The van der Waals surface area contributed by atoms with Gasteiger partial charge in [0.2, 0.25) is 5.95 Å². The van der Waals surface area contributed by atoms with Crippen LogP contribution in [0, 0.1) is 0 Å². The van der Waals surface area contributed by atoms with Crippen molar-refractivity contribution in [2.45, 2.75) is 13.0 Å². The molecule has 1 aromatic carbocycles. The Balaban J connectivity index is 1.64. The summed E-state index contributed by atoms with van der Waals surface area (Å²) in [7, 11) is 0. The molecule has 24 heavy (non-hydrogen) atoms. The number of nitrogen functional groups attached to an aromatic ring is 1. The Kier molecular flexibility index (Phi) is 2.75.